The normalized spacial score (nSPS) is 20.2. The van der Waals surface area contributed by atoms with Crippen LogP contribution in [0.5, 0.6) is 0 Å². The second-order valence-corrected chi connectivity index (χ2v) is 6.43. The quantitative estimate of drug-likeness (QED) is 0.858. The molecule has 0 spiro atoms. The average molecular weight is 313 g/mol. The van der Waals surface area contributed by atoms with Gasteiger partial charge in [-0.3, -0.25) is 4.90 Å². The van der Waals surface area contributed by atoms with E-state index in [-0.39, 0.29) is 6.03 Å². The molecule has 2 heterocycles. The fraction of sp³-hybridized carbons (Fsp3) is 0.526. The van der Waals surface area contributed by atoms with Crippen LogP contribution >= 0.6 is 0 Å². The number of likely N-dealkylation sites (tertiary alicyclic amines) is 1. The van der Waals surface area contributed by atoms with E-state index >= 15 is 0 Å². The number of carbonyl (C=O) groups excluding carboxylic acids is 1. The Morgan fingerprint density at radius 2 is 1.52 bits per heavy atom. The number of piperazine rings is 1. The largest absolute Gasteiger partial charge is 0.325 e. The summed E-state index contributed by atoms with van der Waals surface area (Å²) in [6.07, 6.45) is 7.99. The van der Waals surface area contributed by atoms with Gasteiger partial charge in [-0.05, 0) is 24.8 Å². The standard InChI is InChI=1S/C19H27N3O/c23-19(21-12-5-2-6-13-21)22-16-14-20(15-17-22)11-7-10-18-8-3-1-4-9-18/h1,3-4,7-10H,2,5-6,11-17H2/b10-7+. The van der Waals surface area contributed by atoms with Crippen LogP contribution in [0.1, 0.15) is 24.8 Å². The minimum Gasteiger partial charge on any atom is -0.325 e. The minimum atomic E-state index is 0.254. The molecule has 0 N–H and O–H groups in total. The lowest BCUT2D eigenvalue weighted by Gasteiger charge is -2.38. The number of carbonyl (C=O) groups is 1. The molecule has 0 aliphatic carbocycles. The fourth-order valence-corrected chi connectivity index (χ4v) is 3.31. The predicted octanol–water partition coefficient (Wildman–Crippen LogP) is 2.92. The van der Waals surface area contributed by atoms with Crippen LogP contribution in [0.25, 0.3) is 6.08 Å². The van der Waals surface area contributed by atoms with E-state index < -0.39 is 0 Å². The van der Waals surface area contributed by atoms with E-state index in [4.69, 9.17) is 0 Å². The van der Waals surface area contributed by atoms with Gasteiger partial charge in [0.2, 0.25) is 0 Å². The summed E-state index contributed by atoms with van der Waals surface area (Å²) in [5, 5.41) is 0. The lowest BCUT2D eigenvalue weighted by Crippen LogP contribution is -2.53. The molecule has 2 aliphatic rings. The first-order chi connectivity index (χ1) is 11.3. The van der Waals surface area contributed by atoms with Gasteiger partial charge in [0.05, 0.1) is 0 Å². The highest BCUT2D eigenvalue weighted by molar-refractivity contribution is 5.74. The molecule has 124 valence electrons. The molecule has 2 aliphatic heterocycles. The van der Waals surface area contributed by atoms with Gasteiger partial charge in [0.15, 0.2) is 0 Å². The maximum absolute atomic E-state index is 12.5. The maximum Gasteiger partial charge on any atom is 0.320 e. The molecule has 4 heteroatoms. The molecule has 2 saturated heterocycles. The summed E-state index contributed by atoms with van der Waals surface area (Å²) >= 11 is 0. The van der Waals surface area contributed by atoms with Crippen LogP contribution in [0, 0.1) is 0 Å². The number of hydrogen-bond donors (Lipinski definition) is 0. The van der Waals surface area contributed by atoms with Crippen molar-refractivity contribution in [3.05, 3.63) is 42.0 Å². The van der Waals surface area contributed by atoms with Gasteiger partial charge in [-0.2, -0.15) is 0 Å². The number of piperidine rings is 1. The highest BCUT2D eigenvalue weighted by Crippen LogP contribution is 2.13. The topological polar surface area (TPSA) is 26.8 Å². The lowest BCUT2D eigenvalue weighted by atomic mass is 10.1. The zero-order valence-electron chi connectivity index (χ0n) is 13.9. The number of rotatable bonds is 3. The van der Waals surface area contributed by atoms with Crippen LogP contribution in [-0.2, 0) is 0 Å². The Morgan fingerprint density at radius 1 is 0.870 bits per heavy atom. The van der Waals surface area contributed by atoms with Crippen LogP contribution in [0.15, 0.2) is 36.4 Å². The molecule has 2 fully saturated rings. The molecular formula is C19H27N3O. The highest BCUT2D eigenvalue weighted by Gasteiger charge is 2.25. The van der Waals surface area contributed by atoms with Crippen molar-refractivity contribution in [2.45, 2.75) is 19.3 Å². The summed E-state index contributed by atoms with van der Waals surface area (Å²) in [5.41, 5.74) is 1.24. The van der Waals surface area contributed by atoms with E-state index in [0.29, 0.717) is 0 Å². The van der Waals surface area contributed by atoms with Crippen molar-refractivity contribution in [3.63, 3.8) is 0 Å². The molecule has 0 radical (unpaired) electrons. The first kappa shape index (κ1) is 16.1. The first-order valence-electron chi connectivity index (χ1n) is 8.81. The van der Waals surface area contributed by atoms with E-state index in [9.17, 15) is 4.79 Å². The summed E-state index contributed by atoms with van der Waals surface area (Å²) in [6, 6.07) is 10.6. The summed E-state index contributed by atoms with van der Waals surface area (Å²) in [5.74, 6) is 0. The van der Waals surface area contributed by atoms with E-state index in [2.05, 4.69) is 41.3 Å². The van der Waals surface area contributed by atoms with Crippen LogP contribution in [0.2, 0.25) is 0 Å². The van der Waals surface area contributed by atoms with Gasteiger partial charge in [0, 0.05) is 45.8 Å². The number of nitrogens with zero attached hydrogens (tertiary/aromatic N) is 3. The summed E-state index contributed by atoms with van der Waals surface area (Å²) in [4.78, 5) is 19.0. The molecule has 3 rings (SSSR count). The Bertz CT molecular complexity index is 515. The third-order valence-corrected chi connectivity index (χ3v) is 4.74. The van der Waals surface area contributed by atoms with Gasteiger partial charge >= 0.3 is 6.03 Å². The molecule has 0 atom stereocenters. The van der Waals surface area contributed by atoms with Crippen molar-refractivity contribution >= 4 is 12.1 Å². The van der Waals surface area contributed by atoms with Crippen molar-refractivity contribution in [2.24, 2.45) is 0 Å². The monoisotopic (exact) mass is 313 g/mol. The minimum absolute atomic E-state index is 0.254. The second kappa shape index (κ2) is 8.16. The zero-order valence-corrected chi connectivity index (χ0v) is 13.9. The Balaban J connectivity index is 1.41. The average Bonchev–Trinajstić information content (AvgIpc) is 2.63. The zero-order chi connectivity index (χ0) is 15.9. The number of benzene rings is 1. The molecule has 0 saturated carbocycles. The molecule has 0 bridgehead atoms. The van der Waals surface area contributed by atoms with Gasteiger partial charge < -0.3 is 9.80 Å². The van der Waals surface area contributed by atoms with Crippen molar-refractivity contribution < 1.29 is 4.79 Å². The molecule has 1 aromatic carbocycles. The summed E-state index contributed by atoms with van der Waals surface area (Å²) in [6.45, 7) is 6.50. The van der Waals surface area contributed by atoms with E-state index in [1.54, 1.807) is 0 Å². The Kier molecular flexibility index (Phi) is 5.70. The van der Waals surface area contributed by atoms with Gasteiger partial charge in [0.25, 0.3) is 0 Å². The molecular weight excluding hydrogens is 286 g/mol. The van der Waals surface area contributed by atoms with Gasteiger partial charge in [-0.15, -0.1) is 0 Å². The number of hydrogen-bond acceptors (Lipinski definition) is 2. The summed E-state index contributed by atoms with van der Waals surface area (Å²) in [7, 11) is 0. The second-order valence-electron chi connectivity index (χ2n) is 6.43. The highest BCUT2D eigenvalue weighted by atomic mass is 16.2. The van der Waals surface area contributed by atoms with E-state index in [1.165, 1.54) is 12.0 Å². The smallest absolute Gasteiger partial charge is 0.320 e. The summed E-state index contributed by atoms with van der Waals surface area (Å²) < 4.78 is 0. The number of urea groups is 1. The maximum atomic E-state index is 12.5. The van der Waals surface area contributed by atoms with Crippen LogP contribution in [0.4, 0.5) is 4.79 Å². The Labute approximate surface area is 139 Å². The van der Waals surface area contributed by atoms with Crippen LogP contribution in [0.3, 0.4) is 0 Å². The van der Waals surface area contributed by atoms with Gasteiger partial charge in [-0.1, -0.05) is 42.5 Å². The molecule has 0 unspecified atom stereocenters. The number of amides is 2. The molecule has 2 amide bonds. The van der Waals surface area contributed by atoms with Gasteiger partial charge in [-0.25, -0.2) is 4.79 Å². The van der Waals surface area contributed by atoms with Crippen molar-refractivity contribution in [1.82, 2.24) is 14.7 Å². The Hall–Kier alpha value is -1.81. The molecule has 23 heavy (non-hydrogen) atoms. The molecule has 0 aromatic heterocycles. The first-order valence-corrected chi connectivity index (χ1v) is 8.81. The third-order valence-electron chi connectivity index (χ3n) is 4.74. The predicted molar refractivity (Wildman–Crippen MR) is 94.3 cm³/mol. The third kappa shape index (κ3) is 4.58. The van der Waals surface area contributed by atoms with Crippen molar-refractivity contribution in [3.8, 4) is 0 Å². The van der Waals surface area contributed by atoms with Crippen LogP contribution < -0.4 is 0 Å². The van der Waals surface area contributed by atoms with E-state index in [1.807, 2.05) is 15.9 Å². The lowest BCUT2D eigenvalue weighted by molar-refractivity contribution is 0.111. The van der Waals surface area contributed by atoms with Gasteiger partial charge in [0.1, 0.15) is 0 Å². The van der Waals surface area contributed by atoms with Crippen molar-refractivity contribution in [2.75, 3.05) is 45.8 Å². The van der Waals surface area contributed by atoms with E-state index in [0.717, 1.165) is 58.7 Å². The Morgan fingerprint density at radius 3 is 2.22 bits per heavy atom. The SMILES string of the molecule is O=C(N1CCCCC1)N1CCN(C/C=C/c2ccccc2)CC1. The van der Waals surface area contributed by atoms with Crippen LogP contribution in [-0.4, -0.2) is 66.5 Å². The molecule has 4 nitrogen and oxygen atoms in total. The van der Waals surface area contributed by atoms with Crippen molar-refractivity contribution in [1.29, 1.82) is 0 Å². The molecule has 1 aromatic rings. The fourth-order valence-electron chi connectivity index (χ4n) is 3.31.